The topological polar surface area (TPSA) is 60.3 Å². The Morgan fingerprint density at radius 2 is 1.93 bits per heavy atom. The molecule has 0 atom stereocenters. The third-order valence-corrected chi connectivity index (χ3v) is 5.33. The van der Waals surface area contributed by atoms with Gasteiger partial charge in [0.2, 0.25) is 5.16 Å². The van der Waals surface area contributed by atoms with Crippen LogP contribution in [0.5, 0.6) is 5.75 Å². The molecular weight excluding hydrogens is 407 g/mol. The number of carbonyl (C=O) groups is 1. The smallest absolute Gasteiger partial charge is 0.272 e. The van der Waals surface area contributed by atoms with Crippen molar-refractivity contribution >= 4 is 40.9 Å². The van der Waals surface area contributed by atoms with E-state index in [1.54, 1.807) is 57.8 Å². The van der Waals surface area contributed by atoms with Crippen LogP contribution < -0.4 is 9.75 Å². The molecule has 1 aromatic heterocycles. The van der Waals surface area contributed by atoms with E-state index in [9.17, 15) is 4.79 Å². The lowest BCUT2D eigenvalue weighted by Gasteiger charge is -2.29. The van der Waals surface area contributed by atoms with E-state index in [1.165, 1.54) is 0 Å². The summed E-state index contributed by atoms with van der Waals surface area (Å²) in [6.07, 6.45) is 0. The quantitative estimate of drug-likeness (QED) is 0.636. The van der Waals surface area contributed by atoms with Crippen LogP contribution in [0.4, 0.5) is 0 Å². The zero-order chi connectivity index (χ0) is 18.8. The fourth-order valence-electron chi connectivity index (χ4n) is 2.68. The summed E-state index contributed by atoms with van der Waals surface area (Å²) in [5.41, 5.74) is 0.549. The van der Waals surface area contributed by atoms with E-state index in [4.69, 9.17) is 27.9 Å². The number of hydrogen-bond donors (Lipinski definition) is 0. The first-order chi connectivity index (χ1) is 13.1. The molecule has 1 aliphatic heterocycles. The Balaban J connectivity index is 1.59. The third-order valence-electron chi connectivity index (χ3n) is 3.94. The monoisotopic (exact) mass is 420 g/mol. The van der Waals surface area contributed by atoms with Gasteiger partial charge in [0.05, 0.1) is 6.54 Å². The third kappa shape index (κ3) is 3.90. The normalized spacial score (nSPS) is 13.3. The first-order valence-corrected chi connectivity index (χ1v) is 9.89. The van der Waals surface area contributed by atoms with Crippen LogP contribution in [-0.4, -0.2) is 33.1 Å². The van der Waals surface area contributed by atoms with Crippen LogP contribution in [0.15, 0.2) is 53.7 Å². The number of aromatic nitrogens is 3. The Morgan fingerprint density at radius 3 is 2.70 bits per heavy atom. The second kappa shape index (κ2) is 7.80. The van der Waals surface area contributed by atoms with E-state index in [-0.39, 0.29) is 12.5 Å². The summed E-state index contributed by atoms with van der Waals surface area (Å²) in [6.45, 7) is 0.708. The number of thioether (sulfide) groups is 1. The van der Waals surface area contributed by atoms with Gasteiger partial charge in [-0.15, -0.1) is 10.2 Å². The molecular formula is C18H14Cl2N4O2S. The van der Waals surface area contributed by atoms with Gasteiger partial charge in [0.25, 0.3) is 5.91 Å². The molecule has 9 heteroatoms. The van der Waals surface area contributed by atoms with E-state index in [0.717, 1.165) is 5.75 Å². The number of hydrogen-bond acceptors (Lipinski definition) is 5. The molecule has 0 bridgehead atoms. The summed E-state index contributed by atoms with van der Waals surface area (Å²) in [5.74, 6) is 1.77. The molecule has 1 amide bonds. The van der Waals surface area contributed by atoms with Gasteiger partial charge in [-0.2, -0.15) is 0 Å². The number of rotatable bonds is 4. The molecule has 2 heterocycles. The summed E-state index contributed by atoms with van der Waals surface area (Å²) < 4.78 is 7.49. The molecule has 0 N–H and O–H groups in total. The van der Waals surface area contributed by atoms with Crippen LogP contribution >= 0.6 is 35.0 Å². The molecule has 0 aliphatic carbocycles. The van der Waals surface area contributed by atoms with Crippen LogP contribution in [-0.2, 0) is 6.61 Å². The van der Waals surface area contributed by atoms with Gasteiger partial charge in [-0.3, -0.25) is 4.79 Å². The minimum Gasteiger partial charge on any atom is -0.485 e. The molecule has 138 valence electrons. The molecule has 0 saturated heterocycles. The first kappa shape index (κ1) is 18.2. The molecule has 0 unspecified atom stereocenters. The van der Waals surface area contributed by atoms with Crippen molar-refractivity contribution in [3.63, 3.8) is 0 Å². The van der Waals surface area contributed by atoms with Crippen LogP contribution in [0.25, 0.3) is 0 Å². The number of ether oxygens (including phenoxy) is 1. The zero-order valence-electron chi connectivity index (χ0n) is 14.0. The molecule has 3 aromatic rings. The Hall–Kier alpha value is -2.22. The summed E-state index contributed by atoms with van der Waals surface area (Å²) >= 11 is 13.5. The summed E-state index contributed by atoms with van der Waals surface area (Å²) in [5, 5.41) is 11.8. The maximum Gasteiger partial charge on any atom is 0.272 e. The molecule has 0 fully saturated rings. The fraction of sp³-hybridized carbons (Fsp3) is 0.167. The highest BCUT2D eigenvalue weighted by molar-refractivity contribution is 7.99. The first-order valence-electron chi connectivity index (χ1n) is 8.15. The standard InChI is InChI=1S/C18H14Cl2N4O2S/c19-13-6-4-12(5-7-13)17(25)23-8-9-27-18-22-21-16(24(18)23)11-26-15-3-1-2-14(20)10-15/h1-7,10H,8-9,11H2. The number of halogens is 2. The van der Waals surface area contributed by atoms with Gasteiger partial charge in [0.1, 0.15) is 12.4 Å². The Kier molecular flexibility index (Phi) is 5.24. The Labute approximate surface area is 170 Å². The van der Waals surface area contributed by atoms with E-state index in [2.05, 4.69) is 10.2 Å². The van der Waals surface area contributed by atoms with E-state index in [1.807, 2.05) is 12.1 Å². The van der Waals surface area contributed by atoms with Crippen molar-refractivity contribution in [2.45, 2.75) is 11.8 Å². The van der Waals surface area contributed by atoms with Crippen molar-refractivity contribution in [3.8, 4) is 5.75 Å². The Morgan fingerprint density at radius 1 is 1.11 bits per heavy atom. The lowest BCUT2D eigenvalue weighted by molar-refractivity contribution is 0.0953. The van der Waals surface area contributed by atoms with Gasteiger partial charge in [-0.1, -0.05) is 41.0 Å². The van der Waals surface area contributed by atoms with Crippen molar-refractivity contribution in [1.29, 1.82) is 0 Å². The fourth-order valence-corrected chi connectivity index (χ4v) is 3.86. The number of fused-ring (bicyclic) bond motifs is 1. The number of nitrogens with zero attached hydrogens (tertiary/aromatic N) is 4. The highest BCUT2D eigenvalue weighted by Crippen LogP contribution is 2.25. The van der Waals surface area contributed by atoms with Gasteiger partial charge in [0, 0.05) is 21.4 Å². The van der Waals surface area contributed by atoms with Crippen LogP contribution in [0, 0.1) is 0 Å². The lowest BCUT2D eigenvalue weighted by Crippen LogP contribution is -2.45. The summed E-state index contributed by atoms with van der Waals surface area (Å²) in [6, 6.07) is 13.9. The average molecular weight is 421 g/mol. The van der Waals surface area contributed by atoms with Crippen molar-refractivity contribution < 1.29 is 9.53 Å². The van der Waals surface area contributed by atoms with Crippen LogP contribution in [0.1, 0.15) is 16.2 Å². The summed E-state index contributed by atoms with van der Waals surface area (Å²) in [4.78, 5) is 13.0. The van der Waals surface area contributed by atoms with Crippen molar-refractivity contribution in [2.24, 2.45) is 0 Å². The van der Waals surface area contributed by atoms with E-state index >= 15 is 0 Å². The predicted octanol–water partition coefficient (Wildman–Crippen LogP) is 4.05. The number of carbonyl (C=O) groups excluding carboxylic acids is 1. The van der Waals surface area contributed by atoms with Crippen LogP contribution in [0.3, 0.4) is 0 Å². The summed E-state index contributed by atoms with van der Waals surface area (Å²) in [7, 11) is 0. The molecule has 27 heavy (non-hydrogen) atoms. The minimum absolute atomic E-state index is 0.142. The van der Waals surface area contributed by atoms with Gasteiger partial charge in [-0.25, -0.2) is 9.69 Å². The van der Waals surface area contributed by atoms with Gasteiger partial charge in [0.15, 0.2) is 5.82 Å². The number of amides is 1. The second-order valence-electron chi connectivity index (χ2n) is 5.74. The predicted molar refractivity (Wildman–Crippen MR) is 105 cm³/mol. The highest BCUT2D eigenvalue weighted by Gasteiger charge is 2.28. The SMILES string of the molecule is O=C(c1ccc(Cl)cc1)N1CCSc2nnc(COc3cccc(Cl)c3)n21. The molecule has 6 nitrogen and oxygen atoms in total. The molecule has 0 saturated carbocycles. The lowest BCUT2D eigenvalue weighted by atomic mass is 10.2. The van der Waals surface area contributed by atoms with Gasteiger partial charge < -0.3 is 4.74 Å². The largest absolute Gasteiger partial charge is 0.485 e. The van der Waals surface area contributed by atoms with Gasteiger partial charge >= 0.3 is 0 Å². The second-order valence-corrected chi connectivity index (χ2v) is 7.68. The zero-order valence-corrected chi connectivity index (χ0v) is 16.3. The van der Waals surface area contributed by atoms with Gasteiger partial charge in [-0.05, 0) is 42.5 Å². The van der Waals surface area contributed by atoms with Crippen molar-refractivity contribution in [1.82, 2.24) is 14.9 Å². The van der Waals surface area contributed by atoms with E-state index < -0.39 is 0 Å². The maximum absolute atomic E-state index is 13.0. The molecule has 0 spiro atoms. The van der Waals surface area contributed by atoms with Crippen LogP contribution in [0.2, 0.25) is 10.0 Å². The molecule has 1 aliphatic rings. The maximum atomic E-state index is 13.0. The molecule has 0 radical (unpaired) electrons. The van der Waals surface area contributed by atoms with E-state index in [0.29, 0.717) is 38.9 Å². The number of benzene rings is 2. The molecule has 2 aromatic carbocycles. The van der Waals surface area contributed by atoms with Crippen molar-refractivity contribution in [3.05, 3.63) is 70.0 Å². The average Bonchev–Trinajstić information content (AvgIpc) is 3.10. The van der Waals surface area contributed by atoms with Crippen molar-refractivity contribution in [2.75, 3.05) is 17.3 Å². The Bertz CT molecular complexity index is 978. The minimum atomic E-state index is -0.142. The highest BCUT2D eigenvalue weighted by atomic mass is 35.5. The molecule has 4 rings (SSSR count).